The maximum absolute atomic E-state index is 10.4. The number of rotatable bonds is 2. The van der Waals surface area contributed by atoms with E-state index in [9.17, 15) is 4.57 Å². The first kappa shape index (κ1) is 11.5. The lowest BCUT2D eigenvalue weighted by Crippen LogP contribution is -1.85. The van der Waals surface area contributed by atoms with Gasteiger partial charge >= 0.3 is 8.03 Å². The van der Waals surface area contributed by atoms with Crippen LogP contribution in [-0.2, 0) is 13.9 Å². The Bertz CT molecular complexity index is 82.3. The highest BCUT2D eigenvalue weighted by Crippen LogP contribution is 2.26. The summed E-state index contributed by atoms with van der Waals surface area (Å²) in [5.41, 5.74) is 0.153. The standard InChI is InChI=1S/C4H10O2P.CH2O/c1-4(2)7(5)6-3;1-2/h4H,1-3H3;1H2/q+1;. The van der Waals surface area contributed by atoms with E-state index in [1.807, 2.05) is 20.6 Å². The first-order valence-electron chi connectivity index (χ1n) is 2.47. The molecule has 0 aromatic carbocycles. The molecule has 3 nitrogen and oxygen atoms in total. The number of hydrogen-bond acceptors (Lipinski definition) is 3. The van der Waals surface area contributed by atoms with E-state index in [-0.39, 0.29) is 5.66 Å². The largest absolute Gasteiger partial charge is 0.510 e. The molecule has 54 valence electrons. The molecule has 0 saturated carbocycles. The van der Waals surface area contributed by atoms with E-state index in [1.54, 1.807) is 0 Å². The van der Waals surface area contributed by atoms with Crippen molar-refractivity contribution in [2.24, 2.45) is 0 Å². The van der Waals surface area contributed by atoms with Crippen molar-refractivity contribution in [2.45, 2.75) is 19.5 Å². The van der Waals surface area contributed by atoms with Gasteiger partial charge in [-0.15, -0.1) is 4.52 Å². The van der Waals surface area contributed by atoms with Gasteiger partial charge in [0.2, 0.25) is 0 Å². The summed E-state index contributed by atoms with van der Waals surface area (Å²) in [5.74, 6) is 0. The maximum atomic E-state index is 10.4. The fraction of sp³-hybridized carbons (Fsp3) is 0.800. The molecule has 0 aliphatic rings. The SMILES string of the molecule is C=O.CO[P+](=O)C(C)C. The summed E-state index contributed by atoms with van der Waals surface area (Å²) < 4.78 is 15.0. The molecule has 0 aromatic heterocycles. The van der Waals surface area contributed by atoms with Crippen LogP contribution in [-0.4, -0.2) is 19.6 Å². The Balaban J connectivity index is 0. The van der Waals surface area contributed by atoms with Gasteiger partial charge in [0.25, 0.3) is 0 Å². The smallest absolute Gasteiger partial charge is 0.307 e. The molecule has 1 unspecified atom stereocenters. The molecule has 0 aliphatic heterocycles. The fourth-order valence-corrected chi connectivity index (χ4v) is 0.632. The molecule has 0 radical (unpaired) electrons. The van der Waals surface area contributed by atoms with Crippen molar-refractivity contribution < 1.29 is 13.9 Å². The summed E-state index contributed by atoms with van der Waals surface area (Å²) >= 11 is 0. The lowest BCUT2D eigenvalue weighted by Gasteiger charge is -1.80. The van der Waals surface area contributed by atoms with Gasteiger partial charge in [-0.1, -0.05) is 0 Å². The van der Waals surface area contributed by atoms with Gasteiger partial charge in [0.15, 0.2) is 5.66 Å². The highest BCUT2D eigenvalue weighted by molar-refractivity contribution is 7.39. The first-order valence-corrected chi connectivity index (χ1v) is 3.72. The van der Waals surface area contributed by atoms with Gasteiger partial charge in [0.05, 0.1) is 7.11 Å². The summed E-state index contributed by atoms with van der Waals surface area (Å²) in [6, 6.07) is 0. The molecule has 0 aliphatic carbocycles. The van der Waals surface area contributed by atoms with Crippen LogP contribution < -0.4 is 0 Å². The van der Waals surface area contributed by atoms with Crippen LogP contribution in [0.3, 0.4) is 0 Å². The predicted molar refractivity (Wildman–Crippen MR) is 36.9 cm³/mol. The van der Waals surface area contributed by atoms with Crippen LogP contribution in [0.2, 0.25) is 0 Å². The highest BCUT2D eigenvalue weighted by Gasteiger charge is 2.19. The van der Waals surface area contributed by atoms with E-state index in [2.05, 4.69) is 4.52 Å². The minimum Gasteiger partial charge on any atom is -0.307 e. The number of carbonyl (C=O) groups excluding carboxylic acids is 1. The molecule has 0 heterocycles. The predicted octanol–water partition coefficient (Wildman–Crippen LogP) is 1.60. The van der Waals surface area contributed by atoms with Crippen LogP contribution in [0.4, 0.5) is 0 Å². The van der Waals surface area contributed by atoms with Crippen molar-refractivity contribution in [3.8, 4) is 0 Å². The van der Waals surface area contributed by atoms with E-state index in [4.69, 9.17) is 4.79 Å². The molecular weight excluding hydrogens is 139 g/mol. The molecule has 0 fully saturated rings. The van der Waals surface area contributed by atoms with Gasteiger partial charge in [0.1, 0.15) is 6.79 Å². The lowest BCUT2D eigenvalue weighted by atomic mass is 10.6. The van der Waals surface area contributed by atoms with E-state index in [0.717, 1.165) is 0 Å². The Morgan fingerprint density at radius 2 is 1.78 bits per heavy atom. The highest BCUT2D eigenvalue weighted by atomic mass is 31.1. The van der Waals surface area contributed by atoms with Gasteiger partial charge < -0.3 is 4.79 Å². The Hall–Kier alpha value is -0.270. The molecule has 1 atom stereocenters. The topological polar surface area (TPSA) is 43.4 Å². The molecule has 4 heteroatoms. The second-order valence-corrected chi connectivity index (χ2v) is 3.53. The average Bonchev–Trinajstić information content (AvgIpc) is 1.91. The van der Waals surface area contributed by atoms with Gasteiger partial charge in [0, 0.05) is 0 Å². The van der Waals surface area contributed by atoms with Gasteiger partial charge in [-0.3, -0.25) is 0 Å². The third-order valence-electron chi connectivity index (χ3n) is 0.602. The molecule has 0 amide bonds. The van der Waals surface area contributed by atoms with Crippen molar-refractivity contribution in [3.63, 3.8) is 0 Å². The summed E-state index contributed by atoms with van der Waals surface area (Å²) in [7, 11) is 0.0697. The zero-order valence-corrected chi connectivity index (χ0v) is 6.85. The summed E-state index contributed by atoms with van der Waals surface area (Å²) in [5, 5.41) is 0. The monoisotopic (exact) mass is 151 g/mol. The zero-order chi connectivity index (χ0) is 7.86. The Kier molecular flexibility index (Phi) is 9.89. The molecule has 0 spiro atoms. The second kappa shape index (κ2) is 7.73. The van der Waals surface area contributed by atoms with E-state index in [0.29, 0.717) is 0 Å². The zero-order valence-electron chi connectivity index (χ0n) is 5.96. The number of carbonyl (C=O) groups is 1. The molecular formula is C5H12O3P+. The van der Waals surface area contributed by atoms with Gasteiger partial charge in [-0.2, -0.15) is 0 Å². The van der Waals surface area contributed by atoms with E-state index >= 15 is 0 Å². The van der Waals surface area contributed by atoms with Crippen LogP contribution in [0.5, 0.6) is 0 Å². The van der Waals surface area contributed by atoms with Crippen molar-refractivity contribution >= 4 is 14.8 Å². The quantitative estimate of drug-likeness (QED) is 0.563. The van der Waals surface area contributed by atoms with Crippen molar-refractivity contribution in [1.29, 1.82) is 0 Å². The molecule has 0 saturated heterocycles. The van der Waals surface area contributed by atoms with Gasteiger partial charge in [-0.05, 0) is 18.4 Å². The molecule has 0 N–H and O–H groups in total. The average molecular weight is 151 g/mol. The van der Waals surface area contributed by atoms with Crippen molar-refractivity contribution in [1.82, 2.24) is 0 Å². The van der Waals surface area contributed by atoms with Crippen molar-refractivity contribution in [2.75, 3.05) is 7.11 Å². The Morgan fingerprint density at radius 1 is 1.44 bits per heavy atom. The first-order chi connectivity index (χ1) is 4.18. The normalized spacial score (nSPS) is 10.0. The van der Waals surface area contributed by atoms with Crippen LogP contribution in [0.25, 0.3) is 0 Å². The molecule has 9 heavy (non-hydrogen) atoms. The fourth-order valence-electron chi connectivity index (χ4n) is 0.211. The maximum Gasteiger partial charge on any atom is 0.510 e. The third kappa shape index (κ3) is 7.73. The summed E-state index contributed by atoms with van der Waals surface area (Å²) in [6.07, 6.45) is 0. The van der Waals surface area contributed by atoms with Crippen LogP contribution in [0.1, 0.15) is 13.8 Å². The van der Waals surface area contributed by atoms with Crippen LogP contribution >= 0.6 is 8.03 Å². The minimum atomic E-state index is -1.39. The molecule has 0 rings (SSSR count). The van der Waals surface area contributed by atoms with Crippen LogP contribution in [0.15, 0.2) is 0 Å². The Labute approximate surface area is 56.3 Å². The molecule has 0 aromatic rings. The second-order valence-electron chi connectivity index (χ2n) is 1.56. The summed E-state index contributed by atoms with van der Waals surface area (Å²) in [4.78, 5) is 8.00. The minimum absolute atomic E-state index is 0.153. The van der Waals surface area contributed by atoms with Crippen LogP contribution in [0, 0.1) is 0 Å². The van der Waals surface area contributed by atoms with E-state index in [1.165, 1.54) is 7.11 Å². The molecule has 0 bridgehead atoms. The van der Waals surface area contributed by atoms with E-state index < -0.39 is 8.03 Å². The lowest BCUT2D eigenvalue weighted by molar-refractivity contribution is -0.0979. The van der Waals surface area contributed by atoms with Gasteiger partial charge in [-0.25, -0.2) is 0 Å². The van der Waals surface area contributed by atoms with Crippen molar-refractivity contribution in [3.05, 3.63) is 0 Å². The number of hydrogen-bond donors (Lipinski definition) is 0. The summed E-state index contributed by atoms with van der Waals surface area (Å²) in [6.45, 7) is 5.73. The third-order valence-corrected chi connectivity index (χ3v) is 1.80. The Morgan fingerprint density at radius 3 is 1.78 bits per heavy atom.